The van der Waals surface area contributed by atoms with Crippen LogP contribution < -0.4 is 0 Å². The molecule has 70 valence electrons. The van der Waals surface area contributed by atoms with Gasteiger partial charge < -0.3 is 14.9 Å². The van der Waals surface area contributed by atoms with Gasteiger partial charge >= 0.3 is 0 Å². The third kappa shape index (κ3) is 1.82. The minimum Gasteiger partial charge on any atom is -0.508 e. The van der Waals surface area contributed by atoms with E-state index in [0.29, 0.717) is 13.0 Å². The summed E-state index contributed by atoms with van der Waals surface area (Å²) in [5, 5.41) is 18.2. The molecule has 0 spiro atoms. The molecule has 3 nitrogen and oxygen atoms in total. The van der Waals surface area contributed by atoms with Crippen molar-refractivity contribution < 1.29 is 14.9 Å². The third-order valence-corrected chi connectivity index (χ3v) is 2.34. The van der Waals surface area contributed by atoms with Crippen LogP contribution in [0, 0.1) is 0 Å². The van der Waals surface area contributed by atoms with Crippen molar-refractivity contribution >= 4 is 0 Å². The van der Waals surface area contributed by atoms with Crippen molar-refractivity contribution in [3.63, 3.8) is 0 Å². The Morgan fingerprint density at radius 1 is 1.23 bits per heavy atom. The first-order valence-corrected chi connectivity index (χ1v) is 4.34. The molecule has 1 aliphatic heterocycles. The zero-order valence-corrected chi connectivity index (χ0v) is 7.18. The maximum Gasteiger partial charge on any atom is 0.155 e. The molecular formula is C10H12O3. The molecule has 2 atom stereocenters. The second-order valence-corrected chi connectivity index (χ2v) is 3.31. The summed E-state index contributed by atoms with van der Waals surface area (Å²) in [4.78, 5) is 0. The molecule has 1 aromatic rings. The first-order chi connectivity index (χ1) is 6.25. The van der Waals surface area contributed by atoms with E-state index in [1.165, 1.54) is 0 Å². The highest BCUT2D eigenvalue weighted by atomic mass is 16.6. The van der Waals surface area contributed by atoms with Crippen molar-refractivity contribution in [2.75, 3.05) is 6.61 Å². The molecule has 0 aliphatic carbocycles. The third-order valence-electron chi connectivity index (χ3n) is 2.34. The lowest BCUT2D eigenvalue weighted by atomic mass is 9.98. The van der Waals surface area contributed by atoms with Gasteiger partial charge in [-0.15, -0.1) is 0 Å². The number of phenols is 1. The molecule has 2 unspecified atom stereocenters. The average Bonchev–Trinajstić information content (AvgIpc) is 2.53. The smallest absolute Gasteiger partial charge is 0.155 e. The minimum atomic E-state index is -0.626. The molecule has 2 N–H and O–H groups in total. The predicted octanol–water partition coefficient (Wildman–Crippen LogP) is 1.21. The van der Waals surface area contributed by atoms with Crippen LogP contribution in [0.5, 0.6) is 5.75 Å². The Kier molecular flexibility index (Phi) is 2.20. The fourth-order valence-corrected chi connectivity index (χ4v) is 1.59. The molecule has 0 aromatic heterocycles. The van der Waals surface area contributed by atoms with Crippen LogP contribution >= 0.6 is 0 Å². The Labute approximate surface area is 76.6 Å². The van der Waals surface area contributed by atoms with E-state index in [9.17, 15) is 0 Å². The van der Waals surface area contributed by atoms with E-state index in [1.54, 1.807) is 12.1 Å². The molecule has 0 saturated carbocycles. The lowest BCUT2D eigenvalue weighted by Crippen LogP contribution is -2.00. The van der Waals surface area contributed by atoms with Gasteiger partial charge in [-0.1, -0.05) is 12.1 Å². The number of aromatic hydroxyl groups is 1. The summed E-state index contributed by atoms with van der Waals surface area (Å²) < 4.78 is 5.04. The van der Waals surface area contributed by atoms with Crippen LogP contribution in [0.1, 0.15) is 17.9 Å². The molecule has 1 heterocycles. The fraction of sp³-hybridized carbons (Fsp3) is 0.400. The van der Waals surface area contributed by atoms with Crippen molar-refractivity contribution in [1.82, 2.24) is 0 Å². The zero-order valence-electron chi connectivity index (χ0n) is 7.18. The molecule has 1 aliphatic rings. The maximum absolute atomic E-state index is 9.14. The summed E-state index contributed by atoms with van der Waals surface area (Å²) in [6.45, 7) is 0.561. The number of rotatable bonds is 1. The van der Waals surface area contributed by atoms with Crippen molar-refractivity contribution in [3.8, 4) is 5.75 Å². The summed E-state index contributed by atoms with van der Waals surface area (Å²) in [5.74, 6) is 0.527. The maximum atomic E-state index is 9.14. The standard InChI is InChI=1S/C10H12O3/c11-9-3-1-7(2-4-9)8-5-10(12)13-6-8/h1-4,8,10-12H,5-6H2. The quantitative estimate of drug-likeness (QED) is 0.683. The summed E-state index contributed by atoms with van der Waals surface area (Å²) in [7, 11) is 0. The monoisotopic (exact) mass is 180 g/mol. The van der Waals surface area contributed by atoms with Crippen molar-refractivity contribution in [2.24, 2.45) is 0 Å². The summed E-state index contributed by atoms with van der Waals surface area (Å²) >= 11 is 0. The zero-order chi connectivity index (χ0) is 9.26. The SMILES string of the molecule is Oc1ccc(C2COC(O)C2)cc1. The number of aliphatic hydroxyl groups excluding tert-OH is 1. The molecule has 0 radical (unpaired) electrons. The molecule has 1 fully saturated rings. The van der Waals surface area contributed by atoms with E-state index in [0.717, 1.165) is 5.56 Å². The molecule has 0 bridgehead atoms. The first-order valence-electron chi connectivity index (χ1n) is 4.34. The van der Waals surface area contributed by atoms with E-state index >= 15 is 0 Å². The Morgan fingerprint density at radius 2 is 1.92 bits per heavy atom. The number of ether oxygens (including phenoxy) is 1. The van der Waals surface area contributed by atoms with Crippen LogP contribution in [0.4, 0.5) is 0 Å². The molecule has 13 heavy (non-hydrogen) atoms. The average molecular weight is 180 g/mol. The Bertz CT molecular complexity index is 281. The van der Waals surface area contributed by atoms with Crippen LogP contribution in [0.3, 0.4) is 0 Å². The topological polar surface area (TPSA) is 49.7 Å². The van der Waals surface area contributed by atoms with Crippen LogP contribution in [-0.2, 0) is 4.74 Å². The number of hydrogen-bond donors (Lipinski definition) is 2. The fourth-order valence-electron chi connectivity index (χ4n) is 1.59. The first kappa shape index (κ1) is 8.53. The summed E-state index contributed by atoms with van der Waals surface area (Å²) in [6.07, 6.45) is 0.0175. The molecule has 1 saturated heterocycles. The van der Waals surface area contributed by atoms with Crippen LogP contribution in [0.15, 0.2) is 24.3 Å². The van der Waals surface area contributed by atoms with E-state index in [4.69, 9.17) is 14.9 Å². The van der Waals surface area contributed by atoms with Gasteiger partial charge in [-0.2, -0.15) is 0 Å². The highest BCUT2D eigenvalue weighted by molar-refractivity contribution is 5.28. The lowest BCUT2D eigenvalue weighted by molar-refractivity contribution is -0.0589. The highest BCUT2D eigenvalue weighted by Crippen LogP contribution is 2.28. The number of hydrogen-bond acceptors (Lipinski definition) is 3. The van der Waals surface area contributed by atoms with Gasteiger partial charge in [-0.05, 0) is 17.7 Å². The molecule has 0 amide bonds. The van der Waals surface area contributed by atoms with E-state index < -0.39 is 6.29 Å². The van der Waals surface area contributed by atoms with Crippen LogP contribution in [-0.4, -0.2) is 23.1 Å². The van der Waals surface area contributed by atoms with Crippen molar-refractivity contribution in [1.29, 1.82) is 0 Å². The van der Waals surface area contributed by atoms with Gasteiger partial charge in [0.05, 0.1) is 6.61 Å². The highest BCUT2D eigenvalue weighted by Gasteiger charge is 2.24. The van der Waals surface area contributed by atoms with Crippen LogP contribution in [0.25, 0.3) is 0 Å². The number of benzene rings is 1. The normalized spacial score (nSPS) is 27.8. The van der Waals surface area contributed by atoms with E-state index in [2.05, 4.69) is 0 Å². The lowest BCUT2D eigenvalue weighted by Gasteiger charge is -2.06. The van der Waals surface area contributed by atoms with E-state index in [1.807, 2.05) is 12.1 Å². The predicted molar refractivity (Wildman–Crippen MR) is 47.4 cm³/mol. The van der Waals surface area contributed by atoms with Gasteiger partial charge in [0.15, 0.2) is 6.29 Å². The summed E-state index contributed by atoms with van der Waals surface area (Å²) in [5.41, 5.74) is 1.11. The second-order valence-electron chi connectivity index (χ2n) is 3.31. The molecule has 3 heteroatoms. The minimum absolute atomic E-state index is 0.260. The van der Waals surface area contributed by atoms with Crippen LogP contribution in [0.2, 0.25) is 0 Å². The number of aliphatic hydroxyl groups is 1. The number of phenolic OH excluding ortho intramolecular Hbond substituents is 1. The van der Waals surface area contributed by atoms with Gasteiger partial charge in [0.25, 0.3) is 0 Å². The molecular weight excluding hydrogens is 168 g/mol. The van der Waals surface area contributed by atoms with Crippen molar-refractivity contribution in [3.05, 3.63) is 29.8 Å². The van der Waals surface area contributed by atoms with Gasteiger partial charge in [-0.25, -0.2) is 0 Å². The van der Waals surface area contributed by atoms with Gasteiger partial charge in [0.1, 0.15) is 5.75 Å². The van der Waals surface area contributed by atoms with Gasteiger partial charge in [-0.3, -0.25) is 0 Å². The van der Waals surface area contributed by atoms with Crippen molar-refractivity contribution in [2.45, 2.75) is 18.6 Å². The largest absolute Gasteiger partial charge is 0.508 e. The Balaban J connectivity index is 2.13. The molecule has 2 rings (SSSR count). The van der Waals surface area contributed by atoms with Gasteiger partial charge in [0.2, 0.25) is 0 Å². The second kappa shape index (κ2) is 3.36. The Morgan fingerprint density at radius 3 is 2.46 bits per heavy atom. The van der Waals surface area contributed by atoms with Gasteiger partial charge in [0, 0.05) is 12.3 Å². The molecule has 1 aromatic carbocycles. The summed E-state index contributed by atoms with van der Waals surface area (Å²) in [6, 6.07) is 7.03. The van der Waals surface area contributed by atoms with E-state index in [-0.39, 0.29) is 11.7 Å². The Hall–Kier alpha value is -1.06.